The number of aromatic nitrogens is 2. The molecule has 0 spiro atoms. The van der Waals surface area contributed by atoms with Gasteiger partial charge in [0.2, 0.25) is 18.1 Å². The second-order valence-electron chi connectivity index (χ2n) is 9.58. The predicted octanol–water partition coefficient (Wildman–Crippen LogP) is 2.25. The van der Waals surface area contributed by atoms with Gasteiger partial charge in [-0.1, -0.05) is 19.9 Å². The molecule has 0 radical (unpaired) electrons. The van der Waals surface area contributed by atoms with Crippen LogP contribution < -0.4 is 25.1 Å². The van der Waals surface area contributed by atoms with Crippen LogP contribution in [0, 0.1) is 5.92 Å². The van der Waals surface area contributed by atoms with Crippen molar-refractivity contribution in [1.82, 2.24) is 19.8 Å². The van der Waals surface area contributed by atoms with E-state index < -0.39 is 17.4 Å². The highest BCUT2D eigenvalue weighted by atomic mass is 16.7. The van der Waals surface area contributed by atoms with Gasteiger partial charge in [0.25, 0.3) is 5.91 Å². The summed E-state index contributed by atoms with van der Waals surface area (Å²) in [6.07, 6.45) is 3.31. The summed E-state index contributed by atoms with van der Waals surface area (Å²) in [5.74, 6) is 1.06. The molecule has 2 aromatic heterocycles. The lowest BCUT2D eigenvalue weighted by Crippen LogP contribution is -2.56. The van der Waals surface area contributed by atoms with E-state index in [1.807, 2.05) is 43.5 Å². The average Bonchev–Trinajstić information content (AvgIpc) is 3.39. The highest BCUT2D eigenvalue weighted by molar-refractivity contribution is 6.00. The lowest BCUT2D eigenvalue weighted by atomic mass is 10.0. The van der Waals surface area contributed by atoms with Crippen LogP contribution in [0.1, 0.15) is 31.1 Å². The van der Waals surface area contributed by atoms with Crippen LogP contribution in [-0.4, -0.2) is 65.3 Å². The van der Waals surface area contributed by atoms with Crippen molar-refractivity contribution in [2.24, 2.45) is 5.92 Å². The lowest BCUT2D eigenvalue weighted by Gasteiger charge is -2.37. The molecular formula is C27H31N5O5. The second-order valence-corrected chi connectivity index (χ2v) is 9.58. The molecule has 1 fully saturated rings. The number of piperazine rings is 1. The number of pyridine rings is 2. The fourth-order valence-electron chi connectivity index (χ4n) is 4.83. The topological polar surface area (TPSA) is 106 Å². The van der Waals surface area contributed by atoms with Gasteiger partial charge in [0.15, 0.2) is 11.5 Å². The molecule has 10 heteroatoms. The van der Waals surface area contributed by atoms with Crippen LogP contribution in [0.2, 0.25) is 0 Å². The summed E-state index contributed by atoms with van der Waals surface area (Å²) in [5.41, 5.74) is 0.247. The number of fused-ring (bicyclic) bond motifs is 2. The van der Waals surface area contributed by atoms with Crippen molar-refractivity contribution in [2.45, 2.75) is 33.4 Å². The van der Waals surface area contributed by atoms with Crippen LogP contribution >= 0.6 is 0 Å². The number of ether oxygens (including phenoxy) is 2. The summed E-state index contributed by atoms with van der Waals surface area (Å²) in [6.45, 7) is 8.71. The number of carbonyl (C=O) groups is 2. The van der Waals surface area contributed by atoms with Gasteiger partial charge in [-0.15, -0.1) is 0 Å². The average molecular weight is 506 g/mol. The Balaban J connectivity index is 1.35. The third kappa shape index (κ3) is 4.71. The Morgan fingerprint density at radius 1 is 1.08 bits per heavy atom. The van der Waals surface area contributed by atoms with E-state index in [-0.39, 0.29) is 24.2 Å². The summed E-state index contributed by atoms with van der Waals surface area (Å²) in [6, 6.07) is 8.39. The van der Waals surface area contributed by atoms with E-state index in [9.17, 15) is 14.4 Å². The van der Waals surface area contributed by atoms with Gasteiger partial charge in [-0.3, -0.25) is 14.4 Å². The quantitative estimate of drug-likeness (QED) is 0.548. The number of aryl methyl sites for hydroxylation is 1. The minimum atomic E-state index is -0.754. The van der Waals surface area contributed by atoms with Gasteiger partial charge in [0.05, 0.1) is 10.9 Å². The molecule has 1 aromatic carbocycles. The maximum atomic E-state index is 13.5. The highest BCUT2D eigenvalue weighted by Gasteiger charge is 2.32. The van der Waals surface area contributed by atoms with Crippen molar-refractivity contribution >= 4 is 28.5 Å². The van der Waals surface area contributed by atoms with Crippen LogP contribution in [0.15, 0.2) is 47.5 Å². The Labute approximate surface area is 214 Å². The van der Waals surface area contributed by atoms with E-state index in [1.54, 1.807) is 29.4 Å². The molecule has 194 valence electrons. The van der Waals surface area contributed by atoms with Crippen molar-refractivity contribution in [2.75, 3.05) is 37.9 Å². The van der Waals surface area contributed by atoms with Crippen molar-refractivity contribution in [1.29, 1.82) is 0 Å². The molecule has 1 unspecified atom stereocenters. The van der Waals surface area contributed by atoms with E-state index >= 15 is 0 Å². The van der Waals surface area contributed by atoms with Crippen LogP contribution in [-0.2, 0) is 11.3 Å². The predicted molar refractivity (Wildman–Crippen MR) is 139 cm³/mol. The normalized spacial score (nSPS) is 15.8. The van der Waals surface area contributed by atoms with Crippen LogP contribution in [0.4, 0.5) is 5.82 Å². The fourth-order valence-corrected chi connectivity index (χ4v) is 4.83. The van der Waals surface area contributed by atoms with Gasteiger partial charge >= 0.3 is 0 Å². The Morgan fingerprint density at radius 2 is 1.81 bits per heavy atom. The molecule has 0 saturated carbocycles. The molecule has 2 aliphatic rings. The van der Waals surface area contributed by atoms with E-state index in [1.165, 1.54) is 0 Å². The van der Waals surface area contributed by atoms with Gasteiger partial charge < -0.3 is 29.2 Å². The minimum Gasteiger partial charge on any atom is -0.454 e. The first-order valence-corrected chi connectivity index (χ1v) is 12.6. The monoisotopic (exact) mass is 505 g/mol. The van der Waals surface area contributed by atoms with Crippen molar-refractivity contribution in [3.8, 4) is 11.5 Å². The Hall–Kier alpha value is -4.08. The number of amides is 2. The summed E-state index contributed by atoms with van der Waals surface area (Å²) < 4.78 is 12.7. The van der Waals surface area contributed by atoms with E-state index in [2.05, 4.69) is 15.2 Å². The third-order valence-corrected chi connectivity index (χ3v) is 6.94. The zero-order valence-corrected chi connectivity index (χ0v) is 21.3. The number of benzene rings is 1. The zero-order valence-electron chi connectivity index (χ0n) is 21.3. The second kappa shape index (κ2) is 10.1. The van der Waals surface area contributed by atoms with Gasteiger partial charge in [0.1, 0.15) is 17.4 Å². The molecular weight excluding hydrogens is 474 g/mol. The first kappa shape index (κ1) is 24.6. The maximum absolute atomic E-state index is 13.5. The molecule has 10 nitrogen and oxygen atoms in total. The molecule has 37 heavy (non-hydrogen) atoms. The minimum absolute atomic E-state index is 0.00774. The summed E-state index contributed by atoms with van der Waals surface area (Å²) in [4.78, 5) is 48.5. The van der Waals surface area contributed by atoms with Crippen LogP contribution in [0.3, 0.4) is 0 Å². The standard InChI is InChI=1S/C27H31N5O5/c1-4-30-15-19(25(33)18-13-21-22(14-20(18)30)37-16-36-21)26(34)29-24(17(2)3)27(35)32-11-9-31(10-12-32)23-7-5-6-8-28-23/h5-8,13-15,17,24H,4,9-12,16H2,1-3H3,(H,29,34). The van der Waals surface area contributed by atoms with Gasteiger partial charge in [-0.25, -0.2) is 4.98 Å². The fraction of sp³-hybridized carbons (Fsp3) is 0.407. The molecule has 1 saturated heterocycles. The molecule has 5 rings (SSSR count). The molecule has 2 amide bonds. The molecule has 2 aliphatic heterocycles. The Morgan fingerprint density at radius 3 is 2.46 bits per heavy atom. The zero-order chi connectivity index (χ0) is 26.1. The number of carbonyl (C=O) groups excluding carboxylic acids is 2. The molecule has 4 heterocycles. The smallest absolute Gasteiger partial charge is 0.257 e. The van der Waals surface area contributed by atoms with Crippen molar-refractivity contribution in [3.63, 3.8) is 0 Å². The Kier molecular flexibility index (Phi) is 6.73. The summed E-state index contributed by atoms with van der Waals surface area (Å²) in [7, 11) is 0. The van der Waals surface area contributed by atoms with E-state index in [0.29, 0.717) is 55.1 Å². The maximum Gasteiger partial charge on any atom is 0.257 e. The van der Waals surface area contributed by atoms with Gasteiger partial charge in [-0.2, -0.15) is 0 Å². The summed E-state index contributed by atoms with van der Waals surface area (Å²) >= 11 is 0. The van der Waals surface area contributed by atoms with E-state index in [4.69, 9.17) is 9.47 Å². The largest absolute Gasteiger partial charge is 0.454 e. The molecule has 0 bridgehead atoms. The third-order valence-electron chi connectivity index (χ3n) is 6.94. The molecule has 0 aliphatic carbocycles. The number of nitrogens with zero attached hydrogens (tertiary/aromatic N) is 4. The van der Waals surface area contributed by atoms with E-state index in [0.717, 1.165) is 5.82 Å². The number of hydrogen-bond donors (Lipinski definition) is 1. The SMILES string of the molecule is CCn1cc(C(=O)NC(C(=O)N2CCN(c3ccccn3)CC2)C(C)C)c(=O)c2cc3c(cc21)OCO3. The first-order valence-electron chi connectivity index (χ1n) is 12.6. The van der Waals surface area contributed by atoms with Crippen LogP contribution in [0.5, 0.6) is 11.5 Å². The molecule has 1 N–H and O–H groups in total. The highest BCUT2D eigenvalue weighted by Crippen LogP contribution is 2.35. The number of anilines is 1. The number of nitrogens with one attached hydrogen (secondary N) is 1. The summed E-state index contributed by atoms with van der Waals surface area (Å²) in [5, 5.41) is 3.23. The first-order chi connectivity index (χ1) is 17.9. The van der Waals surface area contributed by atoms with Gasteiger partial charge in [-0.05, 0) is 31.0 Å². The van der Waals surface area contributed by atoms with Crippen molar-refractivity contribution < 1.29 is 19.1 Å². The van der Waals surface area contributed by atoms with Gasteiger partial charge in [0, 0.05) is 51.2 Å². The Bertz CT molecular complexity index is 1380. The molecule has 1 atom stereocenters. The van der Waals surface area contributed by atoms with Crippen molar-refractivity contribution in [3.05, 3.63) is 58.5 Å². The number of rotatable bonds is 6. The number of hydrogen-bond acceptors (Lipinski definition) is 7. The van der Waals surface area contributed by atoms with Crippen LogP contribution in [0.25, 0.3) is 10.9 Å². The lowest BCUT2D eigenvalue weighted by molar-refractivity contribution is -0.134. The molecule has 3 aromatic rings.